The van der Waals surface area contributed by atoms with E-state index in [-0.39, 0.29) is 5.25 Å². The van der Waals surface area contributed by atoms with Crippen molar-refractivity contribution >= 4 is 9.84 Å². The van der Waals surface area contributed by atoms with Gasteiger partial charge in [0.25, 0.3) is 0 Å². The van der Waals surface area contributed by atoms with E-state index in [0.717, 1.165) is 13.1 Å². The van der Waals surface area contributed by atoms with Crippen molar-refractivity contribution < 1.29 is 8.42 Å². The Morgan fingerprint density at radius 3 is 2.09 bits per heavy atom. The van der Waals surface area contributed by atoms with E-state index in [9.17, 15) is 8.42 Å². The molecule has 1 saturated heterocycles. The summed E-state index contributed by atoms with van der Waals surface area (Å²) < 4.78 is 22.8. The predicted octanol–water partition coefficient (Wildman–Crippen LogP) is -0.714. The minimum absolute atomic E-state index is 0.314. The van der Waals surface area contributed by atoms with Crippen LogP contribution in [0.2, 0.25) is 0 Å². The van der Waals surface area contributed by atoms with E-state index in [2.05, 4.69) is 10.6 Å². The molecule has 1 rings (SSSR count). The van der Waals surface area contributed by atoms with Gasteiger partial charge < -0.3 is 0 Å². The molecule has 2 N–H and O–H groups in total. The number of rotatable bonds is 2. The molecule has 4 nitrogen and oxygen atoms in total. The number of nitrogens with one attached hydrogen (secondary N) is 2. The first-order valence-corrected chi connectivity index (χ1v) is 5.35. The molecule has 5 heteroatoms. The standard InChI is InChI=1S/C6H14N2O2S/c1-5(2)11(9,10)6-7-3-4-8-6/h5-8H,3-4H2,1-2H3. The van der Waals surface area contributed by atoms with E-state index in [1.165, 1.54) is 0 Å². The van der Waals surface area contributed by atoms with Crippen LogP contribution in [0.4, 0.5) is 0 Å². The molecule has 1 heterocycles. The summed E-state index contributed by atoms with van der Waals surface area (Å²) in [7, 11) is -3.00. The van der Waals surface area contributed by atoms with Gasteiger partial charge in [0.1, 0.15) is 0 Å². The van der Waals surface area contributed by atoms with E-state index >= 15 is 0 Å². The summed E-state index contributed by atoms with van der Waals surface area (Å²) in [4.78, 5) is 0. The average molecular weight is 178 g/mol. The zero-order valence-electron chi connectivity index (χ0n) is 6.79. The first kappa shape index (κ1) is 8.96. The van der Waals surface area contributed by atoms with Gasteiger partial charge in [0.2, 0.25) is 0 Å². The van der Waals surface area contributed by atoms with Crippen molar-refractivity contribution in [2.45, 2.75) is 24.6 Å². The lowest BCUT2D eigenvalue weighted by Gasteiger charge is -2.14. The van der Waals surface area contributed by atoms with Crippen molar-refractivity contribution in [1.82, 2.24) is 10.6 Å². The van der Waals surface area contributed by atoms with Crippen LogP contribution in [0.15, 0.2) is 0 Å². The first-order chi connectivity index (χ1) is 5.05. The molecule has 11 heavy (non-hydrogen) atoms. The van der Waals surface area contributed by atoms with Crippen LogP contribution in [0.5, 0.6) is 0 Å². The van der Waals surface area contributed by atoms with Crippen molar-refractivity contribution in [3.8, 4) is 0 Å². The van der Waals surface area contributed by atoms with Gasteiger partial charge >= 0.3 is 0 Å². The van der Waals surface area contributed by atoms with Crippen LogP contribution in [-0.4, -0.2) is 32.3 Å². The van der Waals surface area contributed by atoms with E-state index in [1.807, 2.05) is 0 Å². The van der Waals surface area contributed by atoms with Gasteiger partial charge in [-0.15, -0.1) is 0 Å². The smallest absolute Gasteiger partial charge is 0.182 e. The molecule has 0 aliphatic carbocycles. The Bertz CT molecular complexity index is 217. The summed E-state index contributed by atoms with van der Waals surface area (Å²) >= 11 is 0. The molecule has 0 atom stereocenters. The van der Waals surface area contributed by atoms with Crippen LogP contribution in [-0.2, 0) is 9.84 Å². The van der Waals surface area contributed by atoms with Gasteiger partial charge in [-0.3, -0.25) is 10.6 Å². The Morgan fingerprint density at radius 2 is 1.73 bits per heavy atom. The Kier molecular flexibility index (Phi) is 2.51. The van der Waals surface area contributed by atoms with Crippen LogP contribution in [0.1, 0.15) is 13.8 Å². The highest BCUT2D eigenvalue weighted by Gasteiger charge is 2.30. The lowest BCUT2D eigenvalue weighted by Crippen LogP contribution is -2.42. The van der Waals surface area contributed by atoms with E-state index in [1.54, 1.807) is 13.8 Å². The van der Waals surface area contributed by atoms with Gasteiger partial charge in [0.05, 0.1) is 5.25 Å². The molecule has 0 aromatic carbocycles. The highest BCUT2D eigenvalue weighted by Crippen LogP contribution is 2.06. The van der Waals surface area contributed by atoms with E-state index < -0.39 is 15.3 Å². The van der Waals surface area contributed by atoms with Gasteiger partial charge in [-0.1, -0.05) is 0 Å². The average Bonchev–Trinajstić information content (AvgIpc) is 2.37. The van der Waals surface area contributed by atoms with Crippen molar-refractivity contribution in [2.75, 3.05) is 13.1 Å². The van der Waals surface area contributed by atoms with Gasteiger partial charge in [-0.25, -0.2) is 8.42 Å². The molecule has 1 aliphatic heterocycles. The summed E-state index contributed by atoms with van der Waals surface area (Å²) in [6.07, 6.45) is 0. The summed E-state index contributed by atoms with van der Waals surface area (Å²) in [5.74, 6) is 0. The number of sulfone groups is 1. The van der Waals surface area contributed by atoms with Crippen LogP contribution in [0, 0.1) is 0 Å². The Hall–Kier alpha value is -0.130. The van der Waals surface area contributed by atoms with Crippen LogP contribution < -0.4 is 10.6 Å². The maximum atomic E-state index is 11.4. The molecule has 0 unspecified atom stereocenters. The van der Waals surface area contributed by atoms with E-state index in [0.29, 0.717) is 0 Å². The quantitative estimate of drug-likeness (QED) is 0.586. The molecule has 0 radical (unpaired) electrons. The summed E-state index contributed by atoms with van der Waals surface area (Å²) in [6, 6.07) is 0. The topological polar surface area (TPSA) is 58.2 Å². The fourth-order valence-corrected chi connectivity index (χ4v) is 2.23. The third-order valence-corrected chi connectivity index (χ3v) is 4.07. The Morgan fingerprint density at radius 1 is 1.27 bits per heavy atom. The van der Waals surface area contributed by atoms with Crippen molar-refractivity contribution in [3.63, 3.8) is 0 Å². The predicted molar refractivity (Wildman–Crippen MR) is 43.8 cm³/mol. The zero-order chi connectivity index (χ0) is 8.48. The lowest BCUT2D eigenvalue weighted by atomic mass is 10.6. The van der Waals surface area contributed by atoms with Crippen molar-refractivity contribution in [2.24, 2.45) is 0 Å². The van der Waals surface area contributed by atoms with Crippen LogP contribution >= 0.6 is 0 Å². The molecule has 0 aromatic heterocycles. The summed E-state index contributed by atoms with van der Waals surface area (Å²) in [5.41, 5.74) is -0.525. The molecular weight excluding hydrogens is 164 g/mol. The van der Waals surface area contributed by atoms with Gasteiger partial charge in [-0.2, -0.15) is 0 Å². The minimum atomic E-state index is -3.00. The third-order valence-electron chi connectivity index (χ3n) is 1.77. The van der Waals surface area contributed by atoms with Crippen LogP contribution in [0.25, 0.3) is 0 Å². The molecule has 66 valence electrons. The summed E-state index contributed by atoms with van der Waals surface area (Å²) in [6.45, 7) is 4.85. The first-order valence-electron chi connectivity index (χ1n) is 3.74. The third kappa shape index (κ3) is 1.72. The highest BCUT2D eigenvalue weighted by atomic mass is 32.2. The lowest BCUT2D eigenvalue weighted by molar-refractivity contribution is 0.552. The summed E-state index contributed by atoms with van der Waals surface area (Å²) in [5, 5.41) is 5.44. The number of hydrogen-bond acceptors (Lipinski definition) is 4. The maximum absolute atomic E-state index is 11.4. The second kappa shape index (κ2) is 3.08. The fourth-order valence-electron chi connectivity index (χ4n) is 0.983. The normalized spacial score (nSPS) is 21.4. The molecule has 1 aliphatic rings. The van der Waals surface area contributed by atoms with Gasteiger partial charge in [-0.05, 0) is 13.8 Å². The molecule has 0 saturated carbocycles. The minimum Gasteiger partial charge on any atom is -0.288 e. The SMILES string of the molecule is CC(C)S(=O)(=O)C1NCCN1. The Labute approximate surface area is 67.3 Å². The second-order valence-corrected chi connectivity index (χ2v) is 5.52. The fraction of sp³-hybridized carbons (Fsp3) is 1.00. The van der Waals surface area contributed by atoms with Crippen molar-refractivity contribution in [3.05, 3.63) is 0 Å². The van der Waals surface area contributed by atoms with E-state index in [4.69, 9.17) is 0 Å². The number of hydrogen-bond donors (Lipinski definition) is 2. The van der Waals surface area contributed by atoms with Crippen molar-refractivity contribution in [1.29, 1.82) is 0 Å². The molecule has 0 aromatic rings. The molecule has 0 bridgehead atoms. The monoisotopic (exact) mass is 178 g/mol. The molecule has 0 spiro atoms. The van der Waals surface area contributed by atoms with Crippen LogP contribution in [0.3, 0.4) is 0 Å². The zero-order valence-corrected chi connectivity index (χ0v) is 7.61. The molecule has 1 fully saturated rings. The maximum Gasteiger partial charge on any atom is 0.182 e. The second-order valence-electron chi connectivity index (χ2n) is 2.93. The van der Waals surface area contributed by atoms with Gasteiger partial charge in [0, 0.05) is 13.1 Å². The largest absolute Gasteiger partial charge is 0.288 e. The Balaban J connectivity index is 2.72. The molecular formula is C6H14N2O2S. The molecule has 0 amide bonds. The highest BCUT2D eigenvalue weighted by molar-refractivity contribution is 7.92. The van der Waals surface area contributed by atoms with Gasteiger partial charge in [0.15, 0.2) is 15.3 Å².